The Hall–Kier alpha value is 0.635. The molecule has 0 heterocycles. The van der Waals surface area contributed by atoms with Gasteiger partial charge in [0, 0.05) is 0 Å². The molecule has 0 aliphatic rings. The van der Waals surface area contributed by atoms with Crippen molar-refractivity contribution in [3.05, 3.63) is 0 Å². The summed E-state index contributed by atoms with van der Waals surface area (Å²) in [6, 6.07) is 0. The van der Waals surface area contributed by atoms with Crippen molar-refractivity contribution in [3.63, 3.8) is 0 Å². The summed E-state index contributed by atoms with van der Waals surface area (Å²) in [4.78, 5) is 0. The number of rotatable bonds is 0. The van der Waals surface area contributed by atoms with Crippen LogP contribution in [0.25, 0.3) is 0 Å². The Bertz CT molecular complexity index is 21.2. The first kappa shape index (κ1) is 4.63. The van der Waals surface area contributed by atoms with Gasteiger partial charge in [0.25, 0.3) is 0 Å². The van der Waals surface area contributed by atoms with E-state index in [0.29, 0.717) is 0 Å². The van der Waals surface area contributed by atoms with Gasteiger partial charge in [0.1, 0.15) is 0 Å². The molecule has 0 amide bonds. The SMILES string of the molecule is SB=CS. The van der Waals surface area contributed by atoms with Crippen molar-refractivity contribution in [1.29, 1.82) is 0 Å². The van der Waals surface area contributed by atoms with Crippen molar-refractivity contribution in [2.45, 2.75) is 0 Å². The van der Waals surface area contributed by atoms with E-state index in [-0.39, 0.29) is 0 Å². The Balaban J connectivity index is 2.55. The molecule has 0 radical (unpaired) electrons. The van der Waals surface area contributed by atoms with Crippen LogP contribution in [0.4, 0.5) is 0 Å². The molecule has 4 heavy (non-hydrogen) atoms. The molecule has 22 valence electrons. The van der Waals surface area contributed by atoms with Crippen molar-refractivity contribution in [2.75, 3.05) is 0 Å². The molecular formula is CH3BS2. The van der Waals surface area contributed by atoms with E-state index in [1.807, 2.05) is 0 Å². The normalized spacial score (nSPS) is 7.50. The van der Waals surface area contributed by atoms with Gasteiger partial charge < -0.3 is 0 Å². The van der Waals surface area contributed by atoms with Crippen LogP contribution in [0.2, 0.25) is 0 Å². The maximum absolute atomic E-state index is 3.66. The molecule has 0 saturated heterocycles. The summed E-state index contributed by atoms with van der Waals surface area (Å²) in [5.41, 5.74) is 0. The predicted molar refractivity (Wildman–Crippen MR) is 29.8 cm³/mol. The summed E-state index contributed by atoms with van der Waals surface area (Å²) in [5.74, 6) is 0. The van der Waals surface area contributed by atoms with Crippen molar-refractivity contribution < 1.29 is 0 Å². The van der Waals surface area contributed by atoms with Crippen molar-refractivity contribution >= 4 is 36.6 Å². The van der Waals surface area contributed by atoms with Crippen LogP contribution in [0.1, 0.15) is 0 Å². The average Bonchev–Trinajstić information content (AvgIpc) is 1.37. The Labute approximate surface area is 37.2 Å². The molecule has 0 aromatic heterocycles. The maximum atomic E-state index is 3.66. The summed E-state index contributed by atoms with van der Waals surface area (Å²) in [5, 5.41) is 1.56. The average molecular weight is 90.0 g/mol. The molecule has 0 fully saturated rings. The molecule has 0 unspecified atom stereocenters. The summed E-state index contributed by atoms with van der Waals surface area (Å²) < 4.78 is 0. The van der Waals surface area contributed by atoms with E-state index in [1.54, 1.807) is 11.5 Å². The monoisotopic (exact) mass is 90.0 g/mol. The minimum absolute atomic E-state index is 1.56. The third-order valence-corrected chi connectivity index (χ3v) is 0.600. The molecule has 0 N–H and O–H groups in total. The Morgan fingerprint density at radius 3 is 2.00 bits per heavy atom. The van der Waals surface area contributed by atoms with Gasteiger partial charge in [-0.1, -0.05) is 0 Å². The molecule has 0 rings (SSSR count). The zero-order chi connectivity index (χ0) is 3.41. The van der Waals surface area contributed by atoms with E-state index in [9.17, 15) is 0 Å². The van der Waals surface area contributed by atoms with Gasteiger partial charge in [-0.05, 0) is 0 Å². The van der Waals surface area contributed by atoms with Crippen LogP contribution < -0.4 is 0 Å². The minimum atomic E-state index is 1.56. The van der Waals surface area contributed by atoms with E-state index in [4.69, 9.17) is 0 Å². The zero-order valence-electron chi connectivity index (χ0n) is 2.05. The van der Waals surface area contributed by atoms with Crippen LogP contribution in [-0.2, 0) is 0 Å². The van der Waals surface area contributed by atoms with Crippen LogP contribution in [-0.4, -0.2) is 11.5 Å². The number of thiol groups is 2. The second-order valence-corrected chi connectivity index (χ2v) is 0.894. The van der Waals surface area contributed by atoms with Gasteiger partial charge in [0.05, 0.1) is 0 Å². The van der Waals surface area contributed by atoms with Gasteiger partial charge in [-0.15, -0.1) is 0 Å². The second kappa shape index (κ2) is 3.63. The quantitative estimate of drug-likeness (QED) is 0.308. The van der Waals surface area contributed by atoms with Crippen LogP contribution >= 0.6 is 25.1 Å². The standard InChI is InChI=1S/CH3BS2/c3-1-2-4/h1,3-4H. The third-order valence-electron chi connectivity index (χ3n) is 0.0667. The summed E-state index contributed by atoms with van der Waals surface area (Å²) >= 11 is 7.33. The van der Waals surface area contributed by atoms with Crippen LogP contribution in [0, 0.1) is 0 Å². The fraction of sp³-hybridized carbons (Fsp3) is 0. The first-order chi connectivity index (χ1) is 1.91. The number of hydrogen-bond acceptors (Lipinski definition) is 2. The van der Waals surface area contributed by atoms with Crippen molar-refractivity contribution in [3.8, 4) is 0 Å². The van der Waals surface area contributed by atoms with E-state index in [0.717, 1.165) is 0 Å². The Morgan fingerprint density at radius 1 is 1.75 bits per heavy atom. The third kappa shape index (κ3) is 2.63. The van der Waals surface area contributed by atoms with E-state index in [2.05, 4.69) is 25.1 Å². The van der Waals surface area contributed by atoms with E-state index in [1.165, 1.54) is 0 Å². The molecule has 0 nitrogen and oxygen atoms in total. The predicted octanol–water partition coefficient (Wildman–Crippen LogP) is 0.225. The molecular weight excluding hydrogens is 87.0 g/mol. The van der Waals surface area contributed by atoms with Crippen molar-refractivity contribution in [2.24, 2.45) is 0 Å². The fourth-order valence-corrected chi connectivity index (χ4v) is 0. The molecule has 0 aromatic carbocycles. The molecule has 0 bridgehead atoms. The van der Waals surface area contributed by atoms with Gasteiger partial charge in [-0.2, -0.15) is 0 Å². The molecule has 0 aliphatic heterocycles. The molecule has 0 saturated carbocycles. The van der Waals surface area contributed by atoms with Gasteiger partial charge in [0.2, 0.25) is 0 Å². The van der Waals surface area contributed by atoms with E-state index >= 15 is 0 Å². The molecule has 0 atom stereocenters. The van der Waals surface area contributed by atoms with Gasteiger partial charge in [-0.25, -0.2) is 0 Å². The Kier molecular flexibility index (Phi) is 4.21. The first-order valence-electron chi connectivity index (χ1n) is 0.850. The number of hydrogen-bond donors (Lipinski definition) is 2. The van der Waals surface area contributed by atoms with Gasteiger partial charge >= 0.3 is 36.6 Å². The van der Waals surface area contributed by atoms with Gasteiger partial charge in [0.15, 0.2) is 0 Å². The zero-order valence-corrected chi connectivity index (χ0v) is 3.84. The second-order valence-electron chi connectivity index (χ2n) is 0.298. The van der Waals surface area contributed by atoms with Crippen LogP contribution in [0.5, 0.6) is 0 Å². The van der Waals surface area contributed by atoms with Crippen LogP contribution in [0.15, 0.2) is 0 Å². The first-order valence-corrected chi connectivity index (χ1v) is 1.88. The fourth-order valence-electron chi connectivity index (χ4n) is 0. The van der Waals surface area contributed by atoms with Gasteiger partial charge in [-0.3, -0.25) is 0 Å². The summed E-state index contributed by atoms with van der Waals surface area (Å²) in [7, 11) is 0. The summed E-state index contributed by atoms with van der Waals surface area (Å²) in [6.45, 7) is 0. The molecule has 0 spiro atoms. The summed E-state index contributed by atoms with van der Waals surface area (Å²) in [6.07, 6.45) is 1.56. The molecule has 0 aromatic rings. The Morgan fingerprint density at radius 2 is 2.00 bits per heavy atom. The van der Waals surface area contributed by atoms with Crippen molar-refractivity contribution in [1.82, 2.24) is 0 Å². The topological polar surface area (TPSA) is 0 Å². The van der Waals surface area contributed by atoms with Crippen LogP contribution in [0.3, 0.4) is 0 Å². The molecule has 0 aliphatic carbocycles. The van der Waals surface area contributed by atoms with E-state index < -0.39 is 0 Å². The molecule has 3 heteroatoms.